The standard InChI is InChI=1S/C12H12ClFO3/c1-17-12(16)4-2-3-11(15)8-5-9(13)7-10(14)6-8/h5-7H,2-4H2,1H3. The van der Waals surface area contributed by atoms with Crippen LogP contribution in [0.25, 0.3) is 0 Å². The predicted octanol–water partition coefficient (Wildman–Crippen LogP) is 3.01. The summed E-state index contributed by atoms with van der Waals surface area (Å²) >= 11 is 5.63. The smallest absolute Gasteiger partial charge is 0.305 e. The second kappa shape index (κ2) is 6.35. The van der Waals surface area contributed by atoms with Gasteiger partial charge in [0.15, 0.2) is 5.78 Å². The molecule has 0 N–H and O–H groups in total. The Morgan fingerprint density at radius 2 is 2.00 bits per heavy atom. The van der Waals surface area contributed by atoms with Crippen molar-refractivity contribution in [3.8, 4) is 0 Å². The van der Waals surface area contributed by atoms with Crippen molar-refractivity contribution in [1.82, 2.24) is 0 Å². The maximum atomic E-state index is 13.0. The van der Waals surface area contributed by atoms with Crippen molar-refractivity contribution < 1.29 is 18.7 Å². The first-order valence-electron chi connectivity index (χ1n) is 5.09. The number of halogens is 2. The third-order valence-corrected chi connectivity index (χ3v) is 2.42. The molecule has 0 unspecified atom stereocenters. The van der Waals surface area contributed by atoms with Crippen LogP contribution in [-0.4, -0.2) is 18.9 Å². The number of hydrogen-bond donors (Lipinski definition) is 0. The van der Waals surface area contributed by atoms with Crippen molar-refractivity contribution in [3.05, 3.63) is 34.6 Å². The molecular weight excluding hydrogens is 247 g/mol. The first-order valence-corrected chi connectivity index (χ1v) is 5.47. The summed E-state index contributed by atoms with van der Waals surface area (Å²) in [6, 6.07) is 3.67. The number of carbonyl (C=O) groups is 2. The number of rotatable bonds is 5. The molecule has 0 spiro atoms. The molecule has 0 fully saturated rings. The topological polar surface area (TPSA) is 43.4 Å². The van der Waals surface area contributed by atoms with Crippen LogP contribution < -0.4 is 0 Å². The molecule has 0 saturated heterocycles. The molecule has 92 valence electrons. The highest BCUT2D eigenvalue weighted by Crippen LogP contribution is 2.16. The van der Waals surface area contributed by atoms with E-state index in [1.807, 2.05) is 0 Å². The molecule has 0 atom stereocenters. The number of benzene rings is 1. The third kappa shape index (κ3) is 4.53. The van der Waals surface area contributed by atoms with Crippen LogP contribution in [0.15, 0.2) is 18.2 Å². The average molecular weight is 259 g/mol. The summed E-state index contributed by atoms with van der Waals surface area (Å²) in [5, 5.41) is 0.182. The Morgan fingerprint density at radius 3 is 2.59 bits per heavy atom. The fourth-order valence-electron chi connectivity index (χ4n) is 1.35. The zero-order valence-corrected chi connectivity index (χ0v) is 10.1. The summed E-state index contributed by atoms with van der Waals surface area (Å²) in [5.41, 5.74) is 0.222. The maximum absolute atomic E-state index is 13.0. The lowest BCUT2D eigenvalue weighted by Crippen LogP contribution is -2.04. The molecule has 0 aliphatic heterocycles. The highest BCUT2D eigenvalue weighted by molar-refractivity contribution is 6.31. The minimum Gasteiger partial charge on any atom is -0.469 e. The maximum Gasteiger partial charge on any atom is 0.305 e. The van der Waals surface area contributed by atoms with Gasteiger partial charge in [-0.2, -0.15) is 0 Å². The van der Waals surface area contributed by atoms with Crippen molar-refractivity contribution in [2.45, 2.75) is 19.3 Å². The number of Topliss-reactive ketones (excluding diaryl/α,β-unsaturated/α-hetero) is 1. The van der Waals surface area contributed by atoms with E-state index >= 15 is 0 Å². The summed E-state index contributed by atoms with van der Waals surface area (Å²) < 4.78 is 17.4. The number of carbonyl (C=O) groups excluding carboxylic acids is 2. The van der Waals surface area contributed by atoms with E-state index in [1.165, 1.54) is 13.2 Å². The van der Waals surface area contributed by atoms with E-state index in [0.717, 1.165) is 12.1 Å². The lowest BCUT2D eigenvalue weighted by Gasteiger charge is -2.02. The molecule has 0 heterocycles. The molecule has 3 nitrogen and oxygen atoms in total. The van der Waals surface area contributed by atoms with Crippen molar-refractivity contribution >= 4 is 23.4 Å². The van der Waals surface area contributed by atoms with E-state index in [-0.39, 0.29) is 35.2 Å². The van der Waals surface area contributed by atoms with Crippen LogP contribution in [0.3, 0.4) is 0 Å². The molecule has 0 aliphatic carbocycles. The minimum absolute atomic E-state index is 0.162. The van der Waals surface area contributed by atoms with Crippen LogP contribution in [-0.2, 0) is 9.53 Å². The molecule has 0 bridgehead atoms. The van der Waals surface area contributed by atoms with Crippen molar-refractivity contribution in [2.24, 2.45) is 0 Å². The normalized spacial score (nSPS) is 10.1. The molecule has 0 amide bonds. The van der Waals surface area contributed by atoms with Gasteiger partial charge in [-0.25, -0.2) is 4.39 Å². The Bertz CT molecular complexity index is 412. The van der Waals surface area contributed by atoms with Crippen LogP contribution >= 0.6 is 11.6 Å². The highest BCUT2D eigenvalue weighted by Gasteiger charge is 2.09. The van der Waals surface area contributed by atoms with Gasteiger partial charge in [0.1, 0.15) is 5.82 Å². The van der Waals surface area contributed by atoms with Crippen LogP contribution in [0.5, 0.6) is 0 Å². The zero-order chi connectivity index (χ0) is 12.8. The molecular formula is C12H12ClFO3. The predicted molar refractivity (Wildman–Crippen MR) is 61.6 cm³/mol. The van der Waals surface area contributed by atoms with Gasteiger partial charge in [0, 0.05) is 23.4 Å². The van der Waals surface area contributed by atoms with Crippen LogP contribution in [0.4, 0.5) is 4.39 Å². The minimum atomic E-state index is -0.547. The number of methoxy groups -OCH3 is 1. The Kier molecular flexibility index (Phi) is 5.10. The number of ether oxygens (including phenoxy) is 1. The summed E-state index contributed by atoms with van der Waals surface area (Å²) in [7, 11) is 1.29. The zero-order valence-electron chi connectivity index (χ0n) is 9.33. The molecule has 17 heavy (non-hydrogen) atoms. The molecule has 5 heteroatoms. The van der Waals surface area contributed by atoms with Gasteiger partial charge in [-0.15, -0.1) is 0 Å². The largest absolute Gasteiger partial charge is 0.469 e. The van der Waals surface area contributed by atoms with Gasteiger partial charge in [-0.1, -0.05) is 11.6 Å². The second-order valence-corrected chi connectivity index (χ2v) is 3.95. The first-order chi connectivity index (χ1) is 8.02. The Labute approximate surface area is 104 Å². The highest BCUT2D eigenvalue weighted by atomic mass is 35.5. The fourth-order valence-corrected chi connectivity index (χ4v) is 1.58. The quantitative estimate of drug-likeness (QED) is 0.602. The summed E-state index contributed by atoms with van der Waals surface area (Å²) in [5.74, 6) is -1.15. The van der Waals surface area contributed by atoms with Crippen LogP contribution in [0.1, 0.15) is 29.6 Å². The summed E-state index contributed by atoms with van der Waals surface area (Å²) in [6.07, 6.45) is 0.708. The van der Waals surface area contributed by atoms with E-state index < -0.39 is 5.82 Å². The van der Waals surface area contributed by atoms with Crippen LogP contribution in [0, 0.1) is 5.82 Å². The third-order valence-electron chi connectivity index (χ3n) is 2.20. The van der Waals surface area contributed by atoms with E-state index in [4.69, 9.17) is 11.6 Å². The number of esters is 1. The summed E-state index contributed by atoms with van der Waals surface area (Å²) in [6.45, 7) is 0. The van der Waals surface area contributed by atoms with Gasteiger partial charge in [0.05, 0.1) is 7.11 Å². The van der Waals surface area contributed by atoms with Gasteiger partial charge in [0.25, 0.3) is 0 Å². The molecule has 0 aromatic heterocycles. The Hall–Kier alpha value is -1.42. The molecule has 1 rings (SSSR count). The van der Waals surface area contributed by atoms with E-state index in [1.54, 1.807) is 0 Å². The lowest BCUT2D eigenvalue weighted by atomic mass is 10.1. The Balaban J connectivity index is 2.55. The second-order valence-electron chi connectivity index (χ2n) is 3.51. The lowest BCUT2D eigenvalue weighted by molar-refractivity contribution is -0.140. The van der Waals surface area contributed by atoms with Crippen molar-refractivity contribution in [3.63, 3.8) is 0 Å². The summed E-state index contributed by atoms with van der Waals surface area (Å²) in [4.78, 5) is 22.5. The van der Waals surface area contributed by atoms with Crippen LogP contribution in [0.2, 0.25) is 5.02 Å². The fraction of sp³-hybridized carbons (Fsp3) is 0.333. The van der Waals surface area contributed by atoms with E-state index in [2.05, 4.69) is 4.74 Å². The number of ketones is 1. The molecule has 0 saturated carbocycles. The van der Waals surface area contributed by atoms with Gasteiger partial charge in [-0.05, 0) is 24.6 Å². The first kappa shape index (κ1) is 13.6. The van der Waals surface area contributed by atoms with E-state index in [9.17, 15) is 14.0 Å². The molecule has 1 aromatic rings. The van der Waals surface area contributed by atoms with Crippen molar-refractivity contribution in [1.29, 1.82) is 0 Å². The monoisotopic (exact) mass is 258 g/mol. The van der Waals surface area contributed by atoms with Crippen molar-refractivity contribution in [2.75, 3.05) is 7.11 Å². The molecule has 0 aliphatic rings. The Morgan fingerprint density at radius 1 is 1.29 bits per heavy atom. The molecule has 0 radical (unpaired) electrons. The van der Waals surface area contributed by atoms with Gasteiger partial charge < -0.3 is 4.74 Å². The number of hydrogen-bond acceptors (Lipinski definition) is 3. The SMILES string of the molecule is COC(=O)CCCC(=O)c1cc(F)cc(Cl)c1. The van der Waals surface area contributed by atoms with Gasteiger partial charge in [0.2, 0.25) is 0 Å². The molecule has 1 aromatic carbocycles. The average Bonchev–Trinajstić information content (AvgIpc) is 2.27. The van der Waals surface area contributed by atoms with E-state index in [0.29, 0.717) is 6.42 Å². The van der Waals surface area contributed by atoms with Gasteiger partial charge in [-0.3, -0.25) is 9.59 Å². The van der Waals surface area contributed by atoms with Gasteiger partial charge >= 0.3 is 5.97 Å².